The van der Waals surface area contributed by atoms with Crippen molar-refractivity contribution in [1.82, 2.24) is 9.59 Å². The topological polar surface area (TPSA) is 63.1 Å². The van der Waals surface area contributed by atoms with E-state index in [2.05, 4.69) is 9.59 Å². The summed E-state index contributed by atoms with van der Waals surface area (Å²) in [5, 5.41) is 12.8. The van der Waals surface area contributed by atoms with Crippen LogP contribution in [0.3, 0.4) is 0 Å². The van der Waals surface area contributed by atoms with Gasteiger partial charge in [0, 0.05) is 5.92 Å². The third-order valence-electron chi connectivity index (χ3n) is 2.45. The zero-order valence-corrected chi connectivity index (χ0v) is 7.88. The molecular formula is C8H10N2O2S. The van der Waals surface area contributed by atoms with E-state index < -0.39 is 5.97 Å². The highest BCUT2D eigenvalue weighted by molar-refractivity contribution is 7.07. The highest BCUT2D eigenvalue weighted by atomic mass is 32.1. The molecule has 70 valence electrons. The molecule has 5 heteroatoms. The van der Waals surface area contributed by atoms with Gasteiger partial charge in [-0.3, -0.25) is 0 Å². The van der Waals surface area contributed by atoms with Crippen LogP contribution >= 0.6 is 11.5 Å². The van der Waals surface area contributed by atoms with Crippen molar-refractivity contribution in [2.75, 3.05) is 0 Å². The van der Waals surface area contributed by atoms with Gasteiger partial charge in [-0.1, -0.05) is 17.3 Å². The van der Waals surface area contributed by atoms with Crippen molar-refractivity contribution in [3.8, 4) is 0 Å². The first kappa shape index (κ1) is 8.62. The van der Waals surface area contributed by atoms with Gasteiger partial charge in [-0.2, -0.15) is 0 Å². The predicted octanol–water partition coefficient (Wildman–Crippen LogP) is 1.89. The first-order valence-electron chi connectivity index (χ1n) is 4.34. The van der Waals surface area contributed by atoms with Crippen LogP contribution in [0.2, 0.25) is 0 Å². The van der Waals surface area contributed by atoms with Gasteiger partial charge in [-0.05, 0) is 24.4 Å². The Labute approximate surface area is 79.8 Å². The monoisotopic (exact) mass is 198 g/mol. The van der Waals surface area contributed by atoms with Crippen LogP contribution in [0.15, 0.2) is 0 Å². The van der Waals surface area contributed by atoms with E-state index in [-0.39, 0.29) is 0 Å². The Bertz CT molecular complexity index is 318. The highest BCUT2D eigenvalue weighted by Crippen LogP contribution is 2.35. The lowest BCUT2D eigenvalue weighted by molar-refractivity contribution is 0.0700. The van der Waals surface area contributed by atoms with Crippen LogP contribution in [0, 0.1) is 0 Å². The molecule has 0 spiro atoms. The van der Waals surface area contributed by atoms with E-state index in [0.29, 0.717) is 16.5 Å². The number of carbonyl (C=O) groups is 1. The van der Waals surface area contributed by atoms with Gasteiger partial charge in [0.15, 0.2) is 4.88 Å². The Morgan fingerprint density at radius 3 is 2.77 bits per heavy atom. The van der Waals surface area contributed by atoms with Gasteiger partial charge < -0.3 is 5.11 Å². The molecule has 0 aromatic carbocycles. The molecule has 0 aliphatic heterocycles. The third kappa shape index (κ3) is 1.56. The van der Waals surface area contributed by atoms with Gasteiger partial charge in [0.05, 0.1) is 5.69 Å². The van der Waals surface area contributed by atoms with Crippen LogP contribution in [0.5, 0.6) is 0 Å². The van der Waals surface area contributed by atoms with Gasteiger partial charge in [-0.15, -0.1) is 5.10 Å². The zero-order chi connectivity index (χ0) is 9.26. The Morgan fingerprint density at radius 1 is 1.46 bits per heavy atom. The summed E-state index contributed by atoms with van der Waals surface area (Å²) >= 11 is 0.984. The molecular weight excluding hydrogens is 188 g/mol. The molecule has 0 unspecified atom stereocenters. The molecule has 1 N–H and O–H groups in total. The third-order valence-corrected chi connectivity index (χ3v) is 3.18. The fraction of sp³-hybridized carbons (Fsp3) is 0.625. The molecule has 4 nitrogen and oxygen atoms in total. The number of hydrogen-bond donors (Lipinski definition) is 1. The molecule has 1 aromatic rings. The standard InChI is InChI=1S/C8H10N2O2S/c11-8(12)7-6(9-10-13-7)5-3-1-2-4-5/h5H,1-4H2,(H,11,12). The van der Waals surface area contributed by atoms with Gasteiger partial charge in [-0.25, -0.2) is 4.79 Å². The Morgan fingerprint density at radius 2 is 2.15 bits per heavy atom. The molecule has 1 saturated carbocycles. The maximum Gasteiger partial charge on any atom is 0.349 e. The lowest BCUT2D eigenvalue weighted by atomic mass is 10.0. The summed E-state index contributed by atoms with van der Waals surface area (Å²) in [5.41, 5.74) is 0.704. The lowest BCUT2D eigenvalue weighted by Crippen LogP contribution is -2.02. The van der Waals surface area contributed by atoms with Crippen molar-refractivity contribution in [1.29, 1.82) is 0 Å². The molecule has 13 heavy (non-hydrogen) atoms. The normalized spacial score (nSPS) is 17.8. The quantitative estimate of drug-likeness (QED) is 0.788. The number of aromatic nitrogens is 2. The van der Waals surface area contributed by atoms with E-state index in [0.717, 1.165) is 24.4 Å². The Balaban J connectivity index is 2.28. The minimum absolute atomic E-state index is 0.326. The molecule has 1 aliphatic rings. The van der Waals surface area contributed by atoms with E-state index in [4.69, 9.17) is 5.11 Å². The molecule has 0 amide bonds. The van der Waals surface area contributed by atoms with E-state index in [1.807, 2.05) is 0 Å². The first-order chi connectivity index (χ1) is 6.29. The average Bonchev–Trinajstić information content (AvgIpc) is 2.74. The number of carboxylic acids is 1. The largest absolute Gasteiger partial charge is 0.477 e. The molecule has 0 radical (unpaired) electrons. The van der Waals surface area contributed by atoms with Crippen LogP contribution < -0.4 is 0 Å². The van der Waals surface area contributed by atoms with E-state index in [1.54, 1.807) is 0 Å². The number of nitrogens with zero attached hydrogens (tertiary/aromatic N) is 2. The van der Waals surface area contributed by atoms with Crippen LogP contribution in [0.1, 0.15) is 47.0 Å². The second-order valence-electron chi connectivity index (χ2n) is 3.27. The van der Waals surface area contributed by atoms with Crippen LogP contribution in [-0.2, 0) is 0 Å². The fourth-order valence-electron chi connectivity index (χ4n) is 1.81. The lowest BCUT2D eigenvalue weighted by Gasteiger charge is -2.03. The summed E-state index contributed by atoms with van der Waals surface area (Å²) in [7, 11) is 0. The minimum Gasteiger partial charge on any atom is -0.477 e. The molecule has 0 saturated heterocycles. The molecule has 0 atom stereocenters. The molecule has 1 fully saturated rings. The summed E-state index contributed by atoms with van der Waals surface area (Å²) < 4.78 is 3.70. The Kier molecular flexibility index (Phi) is 2.26. The van der Waals surface area contributed by atoms with E-state index >= 15 is 0 Å². The minimum atomic E-state index is -0.892. The van der Waals surface area contributed by atoms with Crippen molar-refractivity contribution >= 4 is 17.5 Å². The van der Waals surface area contributed by atoms with Crippen molar-refractivity contribution in [3.05, 3.63) is 10.6 Å². The second-order valence-corrected chi connectivity index (χ2v) is 4.03. The molecule has 1 aliphatic carbocycles. The first-order valence-corrected chi connectivity index (χ1v) is 5.12. The summed E-state index contributed by atoms with van der Waals surface area (Å²) in [5.74, 6) is -0.554. The SMILES string of the molecule is O=C(O)c1snnc1C1CCCC1. The molecule has 0 bridgehead atoms. The summed E-state index contributed by atoms with van der Waals surface area (Å²) in [6, 6.07) is 0. The number of carboxylic acid groups (broad SMARTS) is 1. The van der Waals surface area contributed by atoms with Gasteiger partial charge in [0.25, 0.3) is 0 Å². The average molecular weight is 198 g/mol. The molecule has 1 aromatic heterocycles. The highest BCUT2D eigenvalue weighted by Gasteiger charge is 2.25. The molecule has 2 rings (SSSR count). The van der Waals surface area contributed by atoms with Crippen LogP contribution in [0.25, 0.3) is 0 Å². The van der Waals surface area contributed by atoms with Crippen molar-refractivity contribution in [2.24, 2.45) is 0 Å². The van der Waals surface area contributed by atoms with Crippen molar-refractivity contribution in [2.45, 2.75) is 31.6 Å². The fourth-order valence-corrected chi connectivity index (χ4v) is 2.40. The van der Waals surface area contributed by atoms with Crippen molar-refractivity contribution < 1.29 is 9.90 Å². The van der Waals surface area contributed by atoms with E-state index in [9.17, 15) is 4.79 Å². The van der Waals surface area contributed by atoms with E-state index in [1.165, 1.54) is 12.8 Å². The number of hydrogen-bond acceptors (Lipinski definition) is 4. The van der Waals surface area contributed by atoms with Gasteiger partial charge in [0.1, 0.15) is 0 Å². The number of rotatable bonds is 2. The van der Waals surface area contributed by atoms with Crippen LogP contribution in [-0.4, -0.2) is 20.7 Å². The summed E-state index contributed by atoms with van der Waals surface area (Å²) in [6.45, 7) is 0. The Hall–Kier alpha value is -0.970. The maximum absolute atomic E-state index is 10.8. The van der Waals surface area contributed by atoms with Gasteiger partial charge >= 0.3 is 5.97 Å². The number of aromatic carboxylic acids is 1. The second kappa shape index (κ2) is 3.41. The van der Waals surface area contributed by atoms with Gasteiger partial charge in [0.2, 0.25) is 0 Å². The maximum atomic E-state index is 10.8. The zero-order valence-electron chi connectivity index (χ0n) is 7.06. The predicted molar refractivity (Wildman–Crippen MR) is 48.1 cm³/mol. The smallest absolute Gasteiger partial charge is 0.349 e. The van der Waals surface area contributed by atoms with Crippen molar-refractivity contribution in [3.63, 3.8) is 0 Å². The summed E-state index contributed by atoms with van der Waals surface area (Å²) in [6.07, 6.45) is 4.49. The summed E-state index contributed by atoms with van der Waals surface area (Å²) in [4.78, 5) is 11.1. The van der Waals surface area contributed by atoms with Crippen LogP contribution in [0.4, 0.5) is 0 Å². The molecule has 1 heterocycles.